The van der Waals surface area contributed by atoms with Gasteiger partial charge in [-0.1, -0.05) is 18.2 Å². The SMILES string of the molecule is Cn1cc(C(=O)NC2(CO)COc3ccccc3C2)ccc1=O. The first-order chi connectivity index (χ1) is 11.0. The average molecular weight is 314 g/mol. The molecule has 1 aliphatic rings. The third-order valence-corrected chi connectivity index (χ3v) is 4.03. The molecule has 2 heterocycles. The van der Waals surface area contributed by atoms with Crippen LogP contribution in [0.2, 0.25) is 0 Å². The number of aromatic nitrogens is 1. The summed E-state index contributed by atoms with van der Waals surface area (Å²) < 4.78 is 7.02. The van der Waals surface area contributed by atoms with Crippen molar-refractivity contribution in [3.8, 4) is 5.75 Å². The fourth-order valence-electron chi connectivity index (χ4n) is 2.68. The minimum absolute atomic E-state index is 0.187. The molecule has 1 atom stereocenters. The number of rotatable bonds is 3. The fourth-order valence-corrected chi connectivity index (χ4v) is 2.68. The lowest BCUT2D eigenvalue weighted by molar-refractivity contribution is 0.0653. The van der Waals surface area contributed by atoms with Crippen molar-refractivity contribution < 1.29 is 14.6 Å². The lowest BCUT2D eigenvalue weighted by Crippen LogP contribution is -2.58. The molecular formula is C17H18N2O4. The number of carbonyl (C=O) groups is 1. The van der Waals surface area contributed by atoms with E-state index in [9.17, 15) is 14.7 Å². The van der Waals surface area contributed by atoms with E-state index in [1.165, 1.54) is 22.9 Å². The van der Waals surface area contributed by atoms with Gasteiger partial charge in [0.05, 0.1) is 12.2 Å². The molecule has 6 heteroatoms. The molecule has 1 aliphatic heterocycles. The van der Waals surface area contributed by atoms with Gasteiger partial charge in [-0.05, 0) is 17.7 Å². The Kier molecular flexibility index (Phi) is 3.92. The molecule has 6 nitrogen and oxygen atoms in total. The summed E-state index contributed by atoms with van der Waals surface area (Å²) in [4.78, 5) is 23.9. The maximum Gasteiger partial charge on any atom is 0.253 e. The Labute approximate surface area is 133 Å². The number of pyridine rings is 1. The van der Waals surface area contributed by atoms with Crippen LogP contribution in [0, 0.1) is 0 Å². The standard InChI is InChI=1S/C17H18N2O4/c1-19-9-13(6-7-15(19)21)16(22)18-17(10-20)8-12-4-2-3-5-14(12)23-11-17/h2-7,9,20H,8,10-11H2,1H3,(H,18,22). The largest absolute Gasteiger partial charge is 0.491 e. The molecule has 2 aromatic rings. The van der Waals surface area contributed by atoms with Crippen molar-refractivity contribution in [2.24, 2.45) is 7.05 Å². The van der Waals surface area contributed by atoms with Crippen molar-refractivity contribution in [2.45, 2.75) is 12.0 Å². The number of aliphatic hydroxyl groups excluding tert-OH is 1. The number of fused-ring (bicyclic) bond motifs is 1. The number of amides is 1. The number of benzene rings is 1. The molecule has 0 saturated carbocycles. The van der Waals surface area contributed by atoms with Crippen molar-refractivity contribution in [3.63, 3.8) is 0 Å². The van der Waals surface area contributed by atoms with Crippen molar-refractivity contribution >= 4 is 5.91 Å². The first-order valence-electron chi connectivity index (χ1n) is 7.34. The number of hydrogen-bond donors (Lipinski definition) is 2. The summed E-state index contributed by atoms with van der Waals surface area (Å²) in [5.74, 6) is 0.422. The van der Waals surface area contributed by atoms with Gasteiger partial charge in [0.25, 0.3) is 5.91 Å². The Bertz CT molecular complexity index is 799. The number of para-hydroxylation sites is 1. The van der Waals surface area contributed by atoms with Crippen LogP contribution in [0.5, 0.6) is 5.75 Å². The third kappa shape index (κ3) is 2.98. The van der Waals surface area contributed by atoms with Crippen LogP contribution in [0.25, 0.3) is 0 Å². The lowest BCUT2D eigenvalue weighted by atomic mass is 9.89. The van der Waals surface area contributed by atoms with E-state index in [-0.39, 0.29) is 24.7 Å². The predicted molar refractivity (Wildman–Crippen MR) is 84.6 cm³/mol. The van der Waals surface area contributed by atoms with E-state index in [1.54, 1.807) is 7.05 Å². The van der Waals surface area contributed by atoms with E-state index in [0.29, 0.717) is 12.0 Å². The van der Waals surface area contributed by atoms with Crippen LogP contribution in [-0.4, -0.2) is 34.3 Å². The van der Waals surface area contributed by atoms with Gasteiger partial charge >= 0.3 is 0 Å². The minimum Gasteiger partial charge on any atom is -0.491 e. The Hall–Kier alpha value is -2.60. The molecule has 0 spiro atoms. The Morgan fingerprint density at radius 1 is 1.35 bits per heavy atom. The summed E-state index contributed by atoms with van der Waals surface area (Å²) in [6, 6.07) is 10.4. The van der Waals surface area contributed by atoms with E-state index in [1.807, 2.05) is 24.3 Å². The first-order valence-corrected chi connectivity index (χ1v) is 7.34. The van der Waals surface area contributed by atoms with Crippen molar-refractivity contribution in [1.29, 1.82) is 0 Å². The molecule has 0 aliphatic carbocycles. The molecule has 1 aromatic carbocycles. The Morgan fingerprint density at radius 3 is 2.87 bits per heavy atom. The highest BCUT2D eigenvalue weighted by atomic mass is 16.5. The normalized spacial score (nSPS) is 19.6. The molecule has 1 aromatic heterocycles. The minimum atomic E-state index is -0.875. The molecule has 120 valence electrons. The highest BCUT2D eigenvalue weighted by Crippen LogP contribution is 2.29. The summed E-state index contributed by atoms with van der Waals surface area (Å²) in [7, 11) is 1.58. The van der Waals surface area contributed by atoms with Crippen molar-refractivity contribution in [1.82, 2.24) is 9.88 Å². The van der Waals surface area contributed by atoms with E-state index in [2.05, 4.69) is 5.32 Å². The Morgan fingerprint density at radius 2 is 2.13 bits per heavy atom. The monoisotopic (exact) mass is 314 g/mol. The number of nitrogens with zero attached hydrogens (tertiary/aromatic N) is 1. The van der Waals surface area contributed by atoms with Crippen LogP contribution in [-0.2, 0) is 13.5 Å². The Balaban J connectivity index is 1.83. The fraction of sp³-hybridized carbons (Fsp3) is 0.294. The van der Waals surface area contributed by atoms with Gasteiger partial charge in [0.2, 0.25) is 5.56 Å². The average Bonchev–Trinajstić information content (AvgIpc) is 2.57. The second-order valence-electron chi connectivity index (χ2n) is 5.83. The topological polar surface area (TPSA) is 80.6 Å². The van der Waals surface area contributed by atoms with E-state index in [4.69, 9.17) is 4.74 Å². The molecule has 3 rings (SSSR count). The highest BCUT2D eigenvalue weighted by Gasteiger charge is 2.37. The predicted octanol–water partition coefficient (Wildman–Crippen LogP) is 0.481. The number of nitrogens with one attached hydrogen (secondary N) is 1. The van der Waals surface area contributed by atoms with Crippen LogP contribution in [0.4, 0.5) is 0 Å². The zero-order valence-corrected chi connectivity index (χ0v) is 12.8. The highest BCUT2D eigenvalue weighted by molar-refractivity contribution is 5.94. The molecule has 1 unspecified atom stereocenters. The van der Waals surface area contributed by atoms with Crippen molar-refractivity contribution in [3.05, 3.63) is 64.1 Å². The number of ether oxygens (including phenoxy) is 1. The van der Waals surface area contributed by atoms with Crippen LogP contribution in [0.15, 0.2) is 47.4 Å². The van der Waals surface area contributed by atoms with E-state index < -0.39 is 5.54 Å². The smallest absolute Gasteiger partial charge is 0.253 e. The summed E-state index contributed by atoms with van der Waals surface area (Å²) in [6.45, 7) is -0.0448. The van der Waals surface area contributed by atoms with Crippen LogP contribution >= 0.6 is 0 Å². The number of carbonyl (C=O) groups excluding carboxylic acids is 1. The molecule has 23 heavy (non-hydrogen) atoms. The van der Waals surface area contributed by atoms with Crippen molar-refractivity contribution in [2.75, 3.05) is 13.2 Å². The van der Waals surface area contributed by atoms with Gasteiger partial charge in [0, 0.05) is 25.7 Å². The molecule has 0 fully saturated rings. The van der Waals surface area contributed by atoms with Crippen LogP contribution < -0.4 is 15.6 Å². The van der Waals surface area contributed by atoms with Gasteiger partial charge in [0.1, 0.15) is 17.9 Å². The van der Waals surface area contributed by atoms with Crippen LogP contribution in [0.3, 0.4) is 0 Å². The van der Waals surface area contributed by atoms with Gasteiger partial charge in [-0.3, -0.25) is 9.59 Å². The zero-order valence-electron chi connectivity index (χ0n) is 12.8. The van der Waals surface area contributed by atoms with Gasteiger partial charge in [-0.15, -0.1) is 0 Å². The third-order valence-electron chi connectivity index (χ3n) is 4.03. The summed E-state index contributed by atoms with van der Waals surface area (Å²) >= 11 is 0. The number of aliphatic hydroxyl groups is 1. The summed E-state index contributed by atoms with van der Waals surface area (Å²) in [6.07, 6.45) is 1.96. The lowest BCUT2D eigenvalue weighted by Gasteiger charge is -2.37. The quantitative estimate of drug-likeness (QED) is 0.863. The molecule has 0 saturated heterocycles. The zero-order chi connectivity index (χ0) is 16.4. The first kappa shape index (κ1) is 15.3. The number of hydrogen-bond acceptors (Lipinski definition) is 4. The van der Waals surface area contributed by atoms with Gasteiger partial charge in [-0.25, -0.2) is 0 Å². The second-order valence-corrected chi connectivity index (χ2v) is 5.83. The number of aryl methyl sites for hydroxylation is 1. The molecular weight excluding hydrogens is 296 g/mol. The second kappa shape index (κ2) is 5.89. The van der Waals surface area contributed by atoms with E-state index in [0.717, 1.165) is 11.3 Å². The maximum absolute atomic E-state index is 12.5. The molecule has 0 radical (unpaired) electrons. The molecule has 1 amide bonds. The van der Waals surface area contributed by atoms with Gasteiger partial charge in [-0.2, -0.15) is 0 Å². The van der Waals surface area contributed by atoms with E-state index >= 15 is 0 Å². The summed E-state index contributed by atoms with van der Waals surface area (Å²) in [5.41, 5.74) is 0.237. The van der Waals surface area contributed by atoms with Crippen LogP contribution in [0.1, 0.15) is 15.9 Å². The summed E-state index contributed by atoms with van der Waals surface area (Å²) in [5, 5.41) is 12.7. The van der Waals surface area contributed by atoms with Gasteiger partial charge in [0.15, 0.2) is 0 Å². The maximum atomic E-state index is 12.5. The molecule has 2 N–H and O–H groups in total. The molecule has 0 bridgehead atoms. The van der Waals surface area contributed by atoms with Gasteiger partial charge < -0.3 is 19.7 Å².